The van der Waals surface area contributed by atoms with Crippen LogP contribution in [0.15, 0.2) is 83.9 Å². The molecule has 0 unspecified atom stereocenters. The lowest BCUT2D eigenvalue weighted by Gasteiger charge is -2.28. The number of amides is 1. The molecule has 2 heterocycles. The quantitative estimate of drug-likeness (QED) is 0.408. The van der Waals surface area contributed by atoms with Crippen LogP contribution in [0.3, 0.4) is 0 Å². The fourth-order valence-corrected chi connectivity index (χ4v) is 5.64. The molecule has 3 aliphatic rings. The number of benzene rings is 2. The summed E-state index contributed by atoms with van der Waals surface area (Å²) in [4.78, 5) is 28.1. The van der Waals surface area contributed by atoms with Crippen LogP contribution in [0, 0.1) is 5.82 Å². The zero-order valence-corrected chi connectivity index (χ0v) is 22.8. The maximum Gasteiger partial charge on any atom is 0.258 e. The fraction of sp³-hybridized carbons (Fsp3) is 0.303. The van der Waals surface area contributed by atoms with Gasteiger partial charge in [-0.15, -0.1) is 0 Å². The Morgan fingerprint density at radius 3 is 2.63 bits per heavy atom. The van der Waals surface area contributed by atoms with E-state index in [0.717, 1.165) is 36.3 Å². The first-order valence-electron chi connectivity index (χ1n) is 14.1. The Morgan fingerprint density at radius 1 is 1.05 bits per heavy atom. The third-order valence-electron chi connectivity index (χ3n) is 7.99. The Morgan fingerprint density at radius 2 is 1.83 bits per heavy atom. The summed E-state index contributed by atoms with van der Waals surface area (Å²) in [6.45, 7) is 2.91. The molecular weight excluding hydrogens is 522 g/mol. The number of halogens is 2. The van der Waals surface area contributed by atoms with Crippen molar-refractivity contribution < 1.29 is 18.4 Å². The van der Waals surface area contributed by atoms with Crippen LogP contribution in [-0.4, -0.2) is 45.6 Å². The van der Waals surface area contributed by atoms with Crippen LogP contribution in [0.2, 0.25) is 0 Å². The van der Waals surface area contributed by atoms with E-state index >= 15 is 0 Å². The number of nitrogens with one attached hydrogen (secondary N) is 1. The number of hydrogen-bond donors (Lipinski definition) is 1. The highest BCUT2D eigenvalue weighted by molar-refractivity contribution is 6.04. The highest BCUT2D eigenvalue weighted by atomic mass is 19.1. The molecular formula is C33H32F2N4O2. The van der Waals surface area contributed by atoms with Crippen molar-refractivity contribution in [3.05, 3.63) is 117 Å². The van der Waals surface area contributed by atoms with Gasteiger partial charge in [0.15, 0.2) is 5.78 Å². The number of piperidine rings is 1. The Labute approximate surface area is 238 Å². The lowest BCUT2D eigenvalue weighted by atomic mass is 9.93. The molecule has 0 bridgehead atoms. The molecule has 8 heteroatoms. The predicted molar refractivity (Wildman–Crippen MR) is 153 cm³/mol. The second-order valence-corrected chi connectivity index (χ2v) is 11.0. The Balaban J connectivity index is 1.09. The lowest BCUT2D eigenvalue weighted by Crippen LogP contribution is -2.33. The lowest BCUT2D eigenvalue weighted by molar-refractivity contribution is -0.114. The van der Waals surface area contributed by atoms with Gasteiger partial charge in [0.25, 0.3) is 5.91 Å². The molecule has 210 valence electrons. The number of aryl methyl sites for hydroxylation is 2. The standard InChI is InChI=1S/C33H32F2N4O2/c34-28-5-2-22(3-6-28)9-14-39-21-27(19-36-39)33(41)37-30-7-8-32(40)31(18-30)26-16-24-4-1-23(15-25(24)17-26)20-38-12-10-29(35)11-13-38/h1-7,15,17-19,21,29H,8-14,16,20H2,(H,37,41). The predicted octanol–water partition coefficient (Wildman–Crippen LogP) is 5.35. The van der Waals surface area contributed by atoms with Gasteiger partial charge in [-0.05, 0) is 71.7 Å². The smallest absolute Gasteiger partial charge is 0.258 e. The maximum absolute atomic E-state index is 13.5. The number of nitrogens with zero attached hydrogens (tertiary/aromatic N) is 3. The number of ketones is 1. The second-order valence-electron chi connectivity index (χ2n) is 11.0. The molecule has 0 spiro atoms. The van der Waals surface area contributed by atoms with Crippen molar-refractivity contribution in [1.29, 1.82) is 0 Å². The molecule has 3 aromatic rings. The molecule has 41 heavy (non-hydrogen) atoms. The van der Waals surface area contributed by atoms with Crippen molar-refractivity contribution in [2.75, 3.05) is 13.1 Å². The number of aromatic nitrogens is 2. The van der Waals surface area contributed by atoms with Crippen molar-refractivity contribution in [3.8, 4) is 0 Å². The minimum atomic E-state index is -0.682. The van der Waals surface area contributed by atoms with E-state index in [0.29, 0.717) is 49.1 Å². The van der Waals surface area contributed by atoms with Gasteiger partial charge in [0, 0.05) is 50.1 Å². The van der Waals surface area contributed by atoms with Crippen molar-refractivity contribution in [2.45, 2.75) is 51.4 Å². The largest absolute Gasteiger partial charge is 0.322 e. The molecule has 1 N–H and O–H groups in total. The molecule has 1 aromatic heterocycles. The zero-order valence-electron chi connectivity index (χ0n) is 22.8. The van der Waals surface area contributed by atoms with E-state index in [9.17, 15) is 18.4 Å². The third-order valence-corrected chi connectivity index (χ3v) is 7.99. The number of hydrogen-bond acceptors (Lipinski definition) is 4. The van der Waals surface area contributed by atoms with E-state index in [1.54, 1.807) is 35.2 Å². The first kappa shape index (κ1) is 27.0. The van der Waals surface area contributed by atoms with E-state index in [-0.39, 0.29) is 23.9 Å². The van der Waals surface area contributed by atoms with Gasteiger partial charge in [0.1, 0.15) is 12.0 Å². The summed E-state index contributed by atoms with van der Waals surface area (Å²) in [7, 11) is 0. The summed E-state index contributed by atoms with van der Waals surface area (Å²) in [5.74, 6) is -0.530. The van der Waals surface area contributed by atoms with Crippen LogP contribution in [-0.2, 0) is 30.7 Å². The summed E-state index contributed by atoms with van der Waals surface area (Å²) in [5.41, 5.74) is 7.06. The van der Waals surface area contributed by atoms with Crippen LogP contribution < -0.4 is 5.32 Å². The van der Waals surface area contributed by atoms with E-state index in [4.69, 9.17) is 0 Å². The van der Waals surface area contributed by atoms with E-state index in [1.165, 1.54) is 29.5 Å². The van der Waals surface area contributed by atoms with Crippen molar-refractivity contribution in [1.82, 2.24) is 20.0 Å². The molecule has 1 saturated heterocycles. The molecule has 0 saturated carbocycles. The average Bonchev–Trinajstić information content (AvgIpc) is 3.62. The van der Waals surface area contributed by atoms with Gasteiger partial charge in [-0.2, -0.15) is 5.10 Å². The van der Waals surface area contributed by atoms with Crippen molar-refractivity contribution in [3.63, 3.8) is 0 Å². The summed E-state index contributed by atoms with van der Waals surface area (Å²) in [5, 5.41) is 7.21. The summed E-state index contributed by atoms with van der Waals surface area (Å²) >= 11 is 0. The van der Waals surface area contributed by atoms with Gasteiger partial charge < -0.3 is 5.32 Å². The fourth-order valence-electron chi connectivity index (χ4n) is 5.64. The second kappa shape index (κ2) is 11.7. The number of rotatable bonds is 8. The summed E-state index contributed by atoms with van der Waals surface area (Å²) < 4.78 is 28.3. The number of carbonyl (C=O) groups excluding carboxylic acids is 2. The zero-order chi connectivity index (χ0) is 28.3. The Bertz CT molecular complexity index is 1560. The topological polar surface area (TPSA) is 67.2 Å². The molecule has 0 atom stereocenters. The van der Waals surface area contributed by atoms with Gasteiger partial charge >= 0.3 is 0 Å². The number of likely N-dealkylation sites (tertiary alicyclic amines) is 1. The molecule has 2 aromatic carbocycles. The highest BCUT2D eigenvalue weighted by Gasteiger charge is 2.24. The minimum Gasteiger partial charge on any atom is -0.322 e. The van der Waals surface area contributed by atoms with Crippen LogP contribution in [0.5, 0.6) is 0 Å². The van der Waals surface area contributed by atoms with Crippen LogP contribution in [0.25, 0.3) is 6.08 Å². The molecule has 0 radical (unpaired) electrons. The molecule has 1 amide bonds. The Kier molecular flexibility index (Phi) is 7.74. The van der Waals surface area contributed by atoms with Crippen LogP contribution >= 0.6 is 0 Å². The van der Waals surface area contributed by atoms with Gasteiger partial charge in [0.2, 0.25) is 0 Å². The van der Waals surface area contributed by atoms with Crippen LogP contribution in [0.1, 0.15) is 51.9 Å². The molecule has 1 aliphatic heterocycles. The average molecular weight is 555 g/mol. The monoisotopic (exact) mass is 554 g/mol. The number of carbonyl (C=O) groups is 2. The van der Waals surface area contributed by atoms with Gasteiger partial charge in [-0.3, -0.25) is 19.2 Å². The molecule has 6 rings (SSSR count). The maximum atomic E-state index is 13.5. The van der Waals surface area contributed by atoms with E-state index in [1.807, 2.05) is 0 Å². The van der Waals surface area contributed by atoms with Gasteiger partial charge in [-0.1, -0.05) is 42.5 Å². The SMILES string of the molecule is O=C1CC=C(NC(=O)c2cnn(CCc3ccc(F)cc3)c2)C=C1C1=Cc2cc(CN3CCC(F)CC3)ccc2C1. The summed E-state index contributed by atoms with van der Waals surface area (Å²) in [6, 6.07) is 12.8. The van der Waals surface area contributed by atoms with Crippen molar-refractivity contribution >= 4 is 17.8 Å². The normalized spacial score (nSPS) is 17.6. The highest BCUT2D eigenvalue weighted by Crippen LogP contribution is 2.33. The first-order chi connectivity index (χ1) is 19.9. The number of allylic oxidation sites excluding steroid dienone is 4. The Hall–Kier alpha value is -4.17. The number of alkyl halides is 1. The first-order valence-corrected chi connectivity index (χ1v) is 14.1. The minimum absolute atomic E-state index is 0.0324. The van der Waals surface area contributed by atoms with E-state index in [2.05, 4.69) is 39.6 Å². The van der Waals surface area contributed by atoms with Gasteiger partial charge in [0.05, 0.1) is 11.8 Å². The molecule has 2 aliphatic carbocycles. The number of fused-ring (bicyclic) bond motifs is 1. The molecule has 6 nitrogen and oxygen atoms in total. The van der Waals surface area contributed by atoms with Gasteiger partial charge in [-0.25, -0.2) is 8.78 Å². The third kappa shape index (κ3) is 6.43. The van der Waals surface area contributed by atoms with Crippen molar-refractivity contribution in [2.24, 2.45) is 0 Å². The molecule has 1 fully saturated rings. The number of Topliss-reactive ketones (excluding diaryl/α,β-unsaturated/α-hetero) is 1. The van der Waals surface area contributed by atoms with Crippen LogP contribution in [0.4, 0.5) is 8.78 Å². The summed E-state index contributed by atoms with van der Waals surface area (Å²) in [6.07, 6.45) is 10.9. The van der Waals surface area contributed by atoms with E-state index < -0.39 is 6.17 Å².